The monoisotopic (exact) mass is 318 g/mol. The van der Waals surface area contributed by atoms with Crippen molar-refractivity contribution in [1.82, 2.24) is 0 Å². The maximum atomic E-state index is 12.3. The van der Waals surface area contributed by atoms with Crippen LogP contribution in [0.5, 0.6) is 5.75 Å². The molecule has 1 aromatic heterocycles. The molecule has 1 aromatic carbocycles. The lowest BCUT2D eigenvalue weighted by atomic mass is 9.91. The number of carbonyl (C=O) groups excluding carboxylic acids is 1. The summed E-state index contributed by atoms with van der Waals surface area (Å²) in [6.45, 7) is 4.24. The van der Waals surface area contributed by atoms with Gasteiger partial charge in [-0.15, -0.1) is 0 Å². The van der Waals surface area contributed by atoms with Crippen molar-refractivity contribution in [3.05, 3.63) is 40.2 Å². The molecule has 0 saturated heterocycles. The van der Waals surface area contributed by atoms with Gasteiger partial charge in [-0.3, -0.25) is 4.79 Å². The molecule has 2 aromatic rings. The summed E-state index contributed by atoms with van der Waals surface area (Å²) in [5.74, 6) is -0.874. The molecule has 0 radical (unpaired) electrons. The summed E-state index contributed by atoms with van der Waals surface area (Å²) < 4.78 is 10.4. The first-order chi connectivity index (χ1) is 11.1. The first-order valence-electron chi connectivity index (χ1n) is 7.98. The molecule has 0 saturated carbocycles. The highest BCUT2D eigenvalue weighted by Gasteiger charge is 2.25. The van der Waals surface area contributed by atoms with Crippen molar-refractivity contribution in [3.8, 4) is 5.75 Å². The van der Waals surface area contributed by atoms with Gasteiger partial charge in [-0.2, -0.15) is 0 Å². The van der Waals surface area contributed by atoms with Crippen LogP contribution in [-0.2, 0) is 9.53 Å². The minimum atomic E-state index is -0.594. The van der Waals surface area contributed by atoms with E-state index in [1.54, 1.807) is 24.3 Å². The van der Waals surface area contributed by atoms with Crippen molar-refractivity contribution in [2.45, 2.75) is 45.4 Å². The Morgan fingerprint density at radius 3 is 2.70 bits per heavy atom. The second-order valence-electron chi connectivity index (χ2n) is 5.56. The fourth-order valence-corrected chi connectivity index (χ4v) is 2.68. The molecule has 1 heterocycles. The molecule has 1 N–H and O–H groups in total. The van der Waals surface area contributed by atoms with Crippen LogP contribution in [0, 0.1) is 0 Å². The molecule has 2 rings (SSSR count). The Balaban J connectivity index is 2.40. The third-order valence-electron chi connectivity index (χ3n) is 3.75. The van der Waals surface area contributed by atoms with Crippen LogP contribution in [-0.4, -0.2) is 17.7 Å². The Hall–Kier alpha value is -2.30. The van der Waals surface area contributed by atoms with Crippen LogP contribution in [0.4, 0.5) is 0 Å². The Morgan fingerprint density at radius 2 is 2.00 bits per heavy atom. The van der Waals surface area contributed by atoms with Gasteiger partial charge >= 0.3 is 11.6 Å². The largest absolute Gasteiger partial charge is 0.507 e. The van der Waals surface area contributed by atoms with E-state index in [1.807, 2.05) is 13.8 Å². The van der Waals surface area contributed by atoms with E-state index in [-0.39, 0.29) is 23.7 Å². The number of para-hydroxylation sites is 1. The van der Waals surface area contributed by atoms with E-state index in [0.29, 0.717) is 24.0 Å². The van der Waals surface area contributed by atoms with Crippen molar-refractivity contribution >= 4 is 16.9 Å². The maximum absolute atomic E-state index is 12.3. The van der Waals surface area contributed by atoms with E-state index >= 15 is 0 Å². The molecule has 0 amide bonds. The summed E-state index contributed by atoms with van der Waals surface area (Å²) in [5.41, 5.74) is -0.0931. The van der Waals surface area contributed by atoms with E-state index in [0.717, 1.165) is 12.8 Å². The average molecular weight is 318 g/mol. The lowest BCUT2D eigenvalue weighted by Gasteiger charge is -2.16. The van der Waals surface area contributed by atoms with Gasteiger partial charge in [0.15, 0.2) is 0 Å². The smallest absolute Gasteiger partial charge is 0.343 e. The lowest BCUT2D eigenvalue weighted by Crippen LogP contribution is -2.17. The summed E-state index contributed by atoms with van der Waals surface area (Å²) >= 11 is 0. The molecule has 1 atom stereocenters. The second kappa shape index (κ2) is 7.81. The van der Waals surface area contributed by atoms with Gasteiger partial charge in [0.25, 0.3) is 0 Å². The zero-order valence-electron chi connectivity index (χ0n) is 13.5. The SMILES string of the molecule is CCCOC(=O)CC(CCC)c1c(O)c2ccccc2oc1=O. The number of rotatable bonds is 7. The number of carbonyl (C=O) groups is 1. The van der Waals surface area contributed by atoms with Gasteiger partial charge in [0.05, 0.1) is 24.0 Å². The van der Waals surface area contributed by atoms with Crippen LogP contribution >= 0.6 is 0 Å². The molecule has 0 aliphatic carbocycles. The number of benzene rings is 1. The molecule has 0 spiro atoms. The van der Waals surface area contributed by atoms with Crippen molar-refractivity contribution < 1.29 is 19.1 Å². The molecule has 0 aliphatic rings. The third-order valence-corrected chi connectivity index (χ3v) is 3.75. The molecule has 0 fully saturated rings. The number of ether oxygens (including phenoxy) is 1. The van der Waals surface area contributed by atoms with Crippen LogP contribution in [0.15, 0.2) is 33.5 Å². The van der Waals surface area contributed by atoms with Crippen molar-refractivity contribution in [1.29, 1.82) is 0 Å². The van der Waals surface area contributed by atoms with E-state index < -0.39 is 11.5 Å². The van der Waals surface area contributed by atoms with Crippen molar-refractivity contribution in [2.75, 3.05) is 6.61 Å². The van der Waals surface area contributed by atoms with Crippen LogP contribution in [0.25, 0.3) is 11.0 Å². The zero-order chi connectivity index (χ0) is 16.8. The molecule has 0 bridgehead atoms. The quantitative estimate of drug-likeness (QED) is 0.622. The standard InChI is InChI=1S/C18H22O5/c1-3-7-12(11-15(19)22-10-4-2)16-17(20)13-8-5-6-9-14(13)23-18(16)21/h5-6,8-9,12,20H,3-4,7,10-11H2,1-2H3. The fourth-order valence-electron chi connectivity index (χ4n) is 2.68. The maximum Gasteiger partial charge on any atom is 0.343 e. The molecule has 0 aliphatic heterocycles. The number of esters is 1. The number of fused-ring (bicyclic) bond motifs is 1. The average Bonchev–Trinajstić information content (AvgIpc) is 2.53. The summed E-state index contributed by atoms with van der Waals surface area (Å²) in [6.07, 6.45) is 2.17. The van der Waals surface area contributed by atoms with Gasteiger partial charge in [0.1, 0.15) is 11.3 Å². The van der Waals surface area contributed by atoms with E-state index in [2.05, 4.69) is 0 Å². The predicted octanol–water partition coefficient (Wildman–Crippen LogP) is 3.73. The number of hydrogen-bond acceptors (Lipinski definition) is 5. The fraction of sp³-hybridized carbons (Fsp3) is 0.444. The highest BCUT2D eigenvalue weighted by atomic mass is 16.5. The summed E-state index contributed by atoms with van der Waals surface area (Å²) in [5, 5.41) is 11.0. The minimum absolute atomic E-state index is 0.0600. The van der Waals surface area contributed by atoms with Crippen molar-refractivity contribution in [2.24, 2.45) is 0 Å². The topological polar surface area (TPSA) is 76.7 Å². The Morgan fingerprint density at radius 1 is 1.26 bits per heavy atom. The Kier molecular flexibility index (Phi) is 5.79. The molecular formula is C18H22O5. The van der Waals surface area contributed by atoms with E-state index in [9.17, 15) is 14.7 Å². The van der Waals surface area contributed by atoms with Crippen molar-refractivity contribution in [3.63, 3.8) is 0 Å². The van der Waals surface area contributed by atoms with Gasteiger partial charge in [-0.25, -0.2) is 4.79 Å². The second-order valence-corrected chi connectivity index (χ2v) is 5.56. The first-order valence-corrected chi connectivity index (χ1v) is 7.98. The molecule has 5 nitrogen and oxygen atoms in total. The normalized spacial score (nSPS) is 12.3. The molecule has 5 heteroatoms. The number of hydrogen-bond donors (Lipinski definition) is 1. The zero-order valence-corrected chi connectivity index (χ0v) is 13.5. The highest BCUT2D eigenvalue weighted by Crippen LogP contribution is 2.34. The van der Waals surface area contributed by atoms with Gasteiger partial charge in [0.2, 0.25) is 0 Å². The molecule has 124 valence electrons. The van der Waals surface area contributed by atoms with Crippen LogP contribution < -0.4 is 5.63 Å². The highest BCUT2D eigenvalue weighted by molar-refractivity contribution is 5.84. The number of aromatic hydroxyl groups is 1. The molecule has 23 heavy (non-hydrogen) atoms. The van der Waals surface area contributed by atoms with E-state index in [4.69, 9.17) is 9.15 Å². The Labute approximate surface area is 134 Å². The van der Waals surface area contributed by atoms with Crippen LogP contribution in [0.3, 0.4) is 0 Å². The van der Waals surface area contributed by atoms with Gasteiger partial charge < -0.3 is 14.3 Å². The lowest BCUT2D eigenvalue weighted by molar-refractivity contribution is -0.144. The van der Waals surface area contributed by atoms with Gasteiger partial charge in [0, 0.05) is 5.92 Å². The first kappa shape index (κ1) is 17.1. The molecular weight excluding hydrogens is 296 g/mol. The summed E-state index contributed by atoms with van der Waals surface area (Å²) in [4.78, 5) is 24.2. The summed E-state index contributed by atoms with van der Waals surface area (Å²) in [6, 6.07) is 6.81. The van der Waals surface area contributed by atoms with Crippen LogP contribution in [0.2, 0.25) is 0 Å². The summed E-state index contributed by atoms with van der Waals surface area (Å²) in [7, 11) is 0. The van der Waals surface area contributed by atoms with Crippen LogP contribution in [0.1, 0.15) is 51.0 Å². The third kappa shape index (κ3) is 3.92. The Bertz CT molecular complexity index is 732. The molecule has 1 unspecified atom stereocenters. The predicted molar refractivity (Wildman–Crippen MR) is 87.7 cm³/mol. The minimum Gasteiger partial charge on any atom is -0.507 e. The van der Waals surface area contributed by atoms with E-state index in [1.165, 1.54) is 0 Å². The van der Waals surface area contributed by atoms with Gasteiger partial charge in [-0.05, 0) is 25.0 Å². The van der Waals surface area contributed by atoms with Gasteiger partial charge in [-0.1, -0.05) is 32.4 Å².